The van der Waals surface area contributed by atoms with Crippen LogP contribution in [-0.4, -0.2) is 70.0 Å². The predicted octanol–water partition coefficient (Wildman–Crippen LogP) is -1.64. The van der Waals surface area contributed by atoms with Crippen LogP contribution in [-0.2, 0) is 4.74 Å². The molecule has 1 saturated heterocycles. The van der Waals surface area contributed by atoms with Crippen molar-refractivity contribution in [1.82, 2.24) is 9.97 Å². The minimum absolute atomic E-state index is 0.259. The van der Waals surface area contributed by atoms with Crippen molar-refractivity contribution in [3.8, 4) is 0 Å². The second kappa shape index (κ2) is 5.98. The lowest BCUT2D eigenvalue weighted by molar-refractivity contribution is -0.0576. The summed E-state index contributed by atoms with van der Waals surface area (Å²) in [6.07, 6.45) is -3.71. The Morgan fingerprint density at radius 2 is 2.05 bits per heavy atom. The van der Waals surface area contributed by atoms with E-state index in [0.29, 0.717) is 11.5 Å². The van der Waals surface area contributed by atoms with Gasteiger partial charge in [-0.1, -0.05) is 0 Å². The molecular weight excluding hydrogens is 278 g/mol. The fraction of sp³-hybridized carbons (Fsp3) is 0.667. The van der Waals surface area contributed by atoms with Gasteiger partial charge in [0.05, 0.1) is 6.10 Å². The Balaban J connectivity index is 2.29. The Hall–Kier alpha value is -1.68. The van der Waals surface area contributed by atoms with E-state index in [1.165, 1.54) is 13.3 Å². The molecule has 1 aromatic rings. The minimum Gasteiger partial charge on any atom is -0.391 e. The quantitative estimate of drug-likeness (QED) is 0.443. The van der Waals surface area contributed by atoms with Crippen LogP contribution in [0.5, 0.6) is 0 Å². The summed E-state index contributed by atoms with van der Waals surface area (Å²) in [5.74, 6) is 0.682. The summed E-state index contributed by atoms with van der Waals surface area (Å²) in [5.41, 5.74) is 6.26. The van der Waals surface area contributed by atoms with Crippen LogP contribution in [0.1, 0.15) is 6.92 Å². The van der Waals surface area contributed by atoms with Crippen LogP contribution in [0, 0.1) is 0 Å². The van der Waals surface area contributed by atoms with E-state index >= 15 is 0 Å². The first-order valence-electron chi connectivity index (χ1n) is 6.59. The number of hydrogen-bond acceptors (Lipinski definition) is 9. The van der Waals surface area contributed by atoms with Crippen molar-refractivity contribution in [2.24, 2.45) is 0 Å². The Morgan fingerprint density at radius 1 is 1.38 bits per heavy atom. The van der Waals surface area contributed by atoms with E-state index in [1.807, 2.05) is 0 Å². The van der Waals surface area contributed by atoms with E-state index in [0.717, 1.165) is 0 Å². The number of nitrogens with zero attached hydrogens (tertiary/aromatic N) is 3. The topological polar surface area (TPSA) is 137 Å². The molecule has 0 spiro atoms. The van der Waals surface area contributed by atoms with Gasteiger partial charge in [0, 0.05) is 14.1 Å². The molecule has 5 atom stereocenters. The molecule has 1 fully saturated rings. The van der Waals surface area contributed by atoms with Gasteiger partial charge in [-0.15, -0.1) is 0 Å². The average Bonchev–Trinajstić information content (AvgIpc) is 2.74. The van der Waals surface area contributed by atoms with Crippen LogP contribution < -0.4 is 16.0 Å². The number of nitrogen functional groups attached to an aromatic ring is 1. The van der Waals surface area contributed by atoms with E-state index < -0.39 is 30.6 Å². The smallest absolute Gasteiger partial charge is 0.160 e. The number of aromatic nitrogens is 2. The standard InChI is InChI=1S/C12H21N5O4/c1-5(18)9-7(19)8(20)12(21-9)17(3)11-6(14-2)10(13)15-4-16-11/h4-5,7-9,12,14,18-20H,1-3H3,(H2,13,15,16)/t5-,7+,8-,9-,12-/m1/s1. The van der Waals surface area contributed by atoms with Gasteiger partial charge in [-0.3, -0.25) is 0 Å². The minimum atomic E-state index is -1.19. The van der Waals surface area contributed by atoms with Gasteiger partial charge in [-0.2, -0.15) is 0 Å². The molecule has 2 heterocycles. The zero-order valence-electron chi connectivity index (χ0n) is 12.1. The van der Waals surface area contributed by atoms with Crippen molar-refractivity contribution in [2.75, 3.05) is 30.0 Å². The molecule has 0 amide bonds. The summed E-state index contributed by atoms with van der Waals surface area (Å²) in [6.45, 7) is 1.49. The van der Waals surface area contributed by atoms with Crippen molar-refractivity contribution >= 4 is 17.3 Å². The molecule has 1 aromatic heterocycles. The second-order valence-electron chi connectivity index (χ2n) is 5.03. The van der Waals surface area contributed by atoms with Gasteiger partial charge < -0.3 is 36.0 Å². The average molecular weight is 299 g/mol. The number of nitrogens with two attached hydrogens (primary N) is 1. The van der Waals surface area contributed by atoms with E-state index in [2.05, 4.69) is 15.3 Å². The van der Waals surface area contributed by atoms with E-state index in [9.17, 15) is 15.3 Å². The van der Waals surface area contributed by atoms with Crippen LogP contribution in [0.2, 0.25) is 0 Å². The van der Waals surface area contributed by atoms with Crippen molar-refractivity contribution in [2.45, 2.75) is 37.6 Å². The molecule has 0 unspecified atom stereocenters. The number of likely N-dealkylation sites (N-methyl/N-ethyl adjacent to an activating group) is 1. The van der Waals surface area contributed by atoms with Crippen LogP contribution in [0.25, 0.3) is 0 Å². The number of rotatable bonds is 4. The highest BCUT2D eigenvalue weighted by atomic mass is 16.6. The molecule has 0 aromatic carbocycles. The van der Waals surface area contributed by atoms with Crippen molar-refractivity contribution in [3.05, 3.63) is 6.33 Å². The molecule has 9 nitrogen and oxygen atoms in total. The number of nitrogens with one attached hydrogen (secondary N) is 1. The SMILES string of the molecule is CNc1c(N)ncnc1N(C)[C@@H]1O[C@H]([C@@H](C)O)[C@@H](O)[C@H]1O. The predicted molar refractivity (Wildman–Crippen MR) is 76.7 cm³/mol. The second-order valence-corrected chi connectivity index (χ2v) is 5.03. The largest absolute Gasteiger partial charge is 0.391 e. The summed E-state index contributed by atoms with van der Waals surface area (Å²) >= 11 is 0. The monoisotopic (exact) mass is 299 g/mol. The first-order chi connectivity index (χ1) is 9.88. The molecule has 6 N–H and O–H groups in total. The van der Waals surface area contributed by atoms with Crippen LogP contribution in [0.15, 0.2) is 6.33 Å². The van der Waals surface area contributed by atoms with Gasteiger partial charge in [0.25, 0.3) is 0 Å². The molecule has 0 bridgehead atoms. The summed E-state index contributed by atoms with van der Waals surface area (Å²) in [6, 6.07) is 0. The summed E-state index contributed by atoms with van der Waals surface area (Å²) < 4.78 is 5.55. The molecule has 0 saturated carbocycles. The highest BCUT2D eigenvalue weighted by molar-refractivity contribution is 5.75. The van der Waals surface area contributed by atoms with Gasteiger partial charge in [-0.05, 0) is 6.92 Å². The zero-order valence-corrected chi connectivity index (χ0v) is 12.1. The van der Waals surface area contributed by atoms with Gasteiger partial charge in [0.15, 0.2) is 17.9 Å². The summed E-state index contributed by atoms with van der Waals surface area (Å²) in [4.78, 5) is 9.54. The maximum atomic E-state index is 10.1. The third-order valence-electron chi connectivity index (χ3n) is 3.57. The van der Waals surface area contributed by atoms with E-state index in [-0.39, 0.29) is 5.82 Å². The number of ether oxygens (including phenoxy) is 1. The van der Waals surface area contributed by atoms with Crippen molar-refractivity contribution in [3.63, 3.8) is 0 Å². The number of aliphatic hydroxyl groups is 3. The molecule has 1 aliphatic heterocycles. The van der Waals surface area contributed by atoms with Crippen LogP contribution >= 0.6 is 0 Å². The fourth-order valence-corrected chi connectivity index (χ4v) is 2.42. The molecule has 0 radical (unpaired) electrons. The highest BCUT2D eigenvalue weighted by Gasteiger charge is 2.47. The molecule has 21 heavy (non-hydrogen) atoms. The van der Waals surface area contributed by atoms with E-state index in [1.54, 1.807) is 19.0 Å². The lowest BCUT2D eigenvalue weighted by Gasteiger charge is -2.29. The number of aliphatic hydroxyl groups excluding tert-OH is 3. The molecule has 9 heteroatoms. The zero-order chi connectivity index (χ0) is 15.7. The molecule has 2 rings (SSSR count). The normalized spacial score (nSPS) is 30.2. The van der Waals surface area contributed by atoms with Crippen LogP contribution in [0.4, 0.5) is 17.3 Å². The van der Waals surface area contributed by atoms with Gasteiger partial charge in [0.2, 0.25) is 0 Å². The summed E-state index contributed by atoms with van der Waals surface area (Å²) in [5, 5.41) is 32.5. The molecular formula is C12H21N5O4. The first kappa shape index (κ1) is 15.7. The highest BCUT2D eigenvalue weighted by Crippen LogP contribution is 2.32. The summed E-state index contributed by atoms with van der Waals surface area (Å²) in [7, 11) is 3.32. The van der Waals surface area contributed by atoms with Crippen molar-refractivity contribution < 1.29 is 20.1 Å². The number of anilines is 3. The maximum Gasteiger partial charge on any atom is 0.160 e. The molecule has 118 valence electrons. The maximum absolute atomic E-state index is 10.1. The third kappa shape index (κ3) is 2.72. The molecule has 0 aliphatic carbocycles. The third-order valence-corrected chi connectivity index (χ3v) is 3.57. The fourth-order valence-electron chi connectivity index (χ4n) is 2.42. The van der Waals surface area contributed by atoms with Gasteiger partial charge in [0.1, 0.15) is 30.3 Å². The molecule has 1 aliphatic rings. The Kier molecular flexibility index (Phi) is 4.47. The Labute approximate surface area is 122 Å². The van der Waals surface area contributed by atoms with Gasteiger partial charge >= 0.3 is 0 Å². The van der Waals surface area contributed by atoms with Crippen molar-refractivity contribution in [1.29, 1.82) is 0 Å². The Morgan fingerprint density at radius 3 is 2.57 bits per heavy atom. The lowest BCUT2D eigenvalue weighted by Crippen LogP contribution is -2.43. The van der Waals surface area contributed by atoms with E-state index in [4.69, 9.17) is 10.5 Å². The number of hydrogen-bond donors (Lipinski definition) is 5. The Bertz CT molecular complexity index is 501. The van der Waals surface area contributed by atoms with Crippen LogP contribution in [0.3, 0.4) is 0 Å². The van der Waals surface area contributed by atoms with Gasteiger partial charge in [-0.25, -0.2) is 9.97 Å². The lowest BCUT2D eigenvalue weighted by atomic mass is 10.1. The first-order valence-corrected chi connectivity index (χ1v) is 6.59.